The number of aromatic amines is 1. The molecule has 5 nitrogen and oxygen atoms in total. The van der Waals surface area contributed by atoms with Crippen LogP contribution >= 0.6 is 19.4 Å². The lowest BCUT2D eigenvalue weighted by molar-refractivity contribution is 0.213. The van der Waals surface area contributed by atoms with Crippen molar-refractivity contribution in [2.45, 2.75) is 36.5 Å². The Bertz CT molecular complexity index is 1040. The predicted octanol–water partition coefficient (Wildman–Crippen LogP) is 5.35. The minimum atomic E-state index is -3.67. The van der Waals surface area contributed by atoms with Crippen LogP contribution in [-0.4, -0.2) is 18.2 Å². The summed E-state index contributed by atoms with van der Waals surface area (Å²) in [7, 11) is -3.67. The summed E-state index contributed by atoms with van der Waals surface area (Å²) < 4.78 is 24.3. The van der Waals surface area contributed by atoms with Gasteiger partial charge in [0.05, 0.1) is 13.2 Å². The number of H-pyrrole nitrogens is 1. The van der Waals surface area contributed by atoms with Crippen molar-refractivity contribution in [3.05, 3.63) is 65.1 Å². The Morgan fingerprint density at radius 3 is 2.29 bits per heavy atom. The van der Waals surface area contributed by atoms with Crippen LogP contribution in [0.1, 0.15) is 26.7 Å². The van der Waals surface area contributed by atoms with Gasteiger partial charge in [-0.2, -0.15) is 0 Å². The highest BCUT2D eigenvalue weighted by molar-refractivity contribution is 7.99. The van der Waals surface area contributed by atoms with Crippen LogP contribution in [-0.2, 0) is 13.6 Å². The predicted molar refractivity (Wildman–Crippen MR) is 115 cm³/mol. The molecule has 0 radical (unpaired) electrons. The maximum absolute atomic E-state index is 13.3. The zero-order chi connectivity index (χ0) is 20.0. The second-order valence-electron chi connectivity index (χ2n) is 6.32. The van der Waals surface area contributed by atoms with Crippen LogP contribution in [0, 0.1) is 0 Å². The summed E-state index contributed by atoms with van der Waals surface area (Å²) >= 11 is 1.49. The molecule has 148 valence electrons. The average Bonchev–Trinajstić information content (AvgIpc) is 2.72. The molecule has 0 saturated carbocycles. The van der Waals surface area contributed by atoms with E-state index in [4.69, 9.17) is 9.05 Å². The Labute approximate surface area is 169 Å². The molecular weight excluding hydrogens is 393 g/mol. The highest BCUT2D eigenvalue weighted by Crippen LogP contribution is 2.46. The van der Waals surface area contributed by atoms with Crippen molar-refractivity contribution in [3.8, 4) is 0 Å². The molecule has 3 rings (SSSR count). The van der Waals surface area contributed by atoms with Gasteiger partial charge in [-0.25, -0.2) is 0 Å². The molecule has 0 aliphatic rings. The average molecular weight is 417 g/mol. The van der Waals surface area contributed by atoms with E-state index in [1.54, 1.807) is 12.3 Å². The summed E-state index contributed by atoms with van der Waals surface area (Å²) in [5.74, 6) is 0. The molecule has 2 aromatic carbocycles. The van der Waals surface area contributed by atoms with Gasteiger partial charge in [-0.3, -0.25) is 9.36 Å². The van der Waals surface area contributed by atoms with Gasteiger partial charge < -0.3 is 14.0 Å². The second kappa shape index (κ2) is 9.57. The normalized spacial score (nSPS) is 11.8. The van der Waals surface area contributed by atoms with Crippen molar-refractivity contribution in [1.82, 2.24) is 4.98 Å². The van der Waals surface area contributed by atoms with Crippen LogP contribution in [0.5, 0.6) is 0 Å². The summed E-state index contributed by atoms with van der Waals surface area (Å²) in [5, 5.41) is 2.36. The number of nitrogens with one attached hydrogen (secondary N) is 1. The number of aromatic nitrogens is 1. The summed E-state index contributed by atoms with van der Waals surface area (Å²) in [4.78, 5) is 16.8. The zero-order valence-corrected chi connectivity index (χ0v) is 17.7. The monoisotopic (exact) mass is 417 g/mol. The Balaban J connectivity index is 1.92. The van der Waals surface area contributed by atoms with Gasteiger partial charge in [0, 0.05) is 16.0 Å². The van der Waals surface area contributed by atoms with E-state index in [0.717, 1.165) is 15.2 Å². The molecule has 28 heavy (non-hydrogen) atoms. The van der Waals surface area contributed by atoms with Gasteiger partial charge in [-0.05, 0) is 41.8 Å². The Kier molecular flexibility index (Phi) is 7.13. The quantitative estimate of drug-likeness (QED) is 0.475. The molecule has 0 aliphatic heterocycles. The third-order valence-electron chi connectivity index (χ3n) is 4.04. The number of pyridine rings is 1. The van der Waals surface area contributed by atoms with Crippen LogP contribution in [0.3, 0.4) is 0 Å². The van der Waals surface area contributed by atoms with Gasteiger partial charge in [-0.1, -0.05) is 55.9 Å². The SMILES string of the molecule is CCCOP(=O)(OCCC)c1cc(Sc2ccc3ccccc3c2)c[nH]c1=O. The van der Waals surface area contributed by atoms with E-state index in [2.05, 4.69) is 29.2 Å². The fraction of sp³-hybridized carbons (Fsp3) is 0.286. The number of hydrogen-bond acceptors (Lipinski definition) is 5. The summed E-state index contributed by atoms with van der Waals surface area (Å²) in [5.41, 5.74) is -0.446. The summed E-state index contributed by atoms with van der Waals surface area (Å²) in [6, 6.07) is 15.9. The topological polar surface area (TPSA) is 68.4 Å². The van der Waals surface area contributed by atoms with Crippen molar-refractivity contribution >= 4 is 35.4 Å². The molecule has 0 fully saturated rings. The third-order valence-corrected chi connectivity index (χ3v) is 6.97. The first kappa shape index (κ1) is 20.9. The minimum Gasteiger partial charge on any atom is -0.327 e. The number of fused-ring (bicyclic) bond motifs is 1. The Morgan fingerprint density at radius 2 is 1.61 bits per heavy atom. The van der Waals surface area contributed by atoms with Crippen LogP contribution in [0.25, 0.3) is 10.8 Å². The molecule has 0 bridgehead atoms. The van der Waals surface area contributed by atoms with Crippen molar-refractivity contribution < 1.29 is 13.6 Å². The number of benzene rings is 2. The van der Waals surface area contributed by atoms with E-state index in [-0.39, 0.29) is 18.5 Å². The van der Waals surface area contributed by atoms with E-state index >= 15 is 0 Å². The first-order chi connectivity index (χ1) is 13.6. The summed E-state index contributed by atoms with van der Waals surface area (Å²) in [6.45, 7) is 4.37. The number of rotatable bonds is 9. The lowest BCUT2D eigenvalue weighted by Crippen LogP contribution is -2.29. The molecule has 7 heteroatoms. The molecule has 3 aromatic rings. The van der Waals surface area contributed by atoms with Crippen LogP contribution in [0.15, 0.2) is 69.3 Å². The van der Waals surface area contributed by atoms with Gasteiger partial charge in [0.1, 0.15) is 5.30 Å². The second-order valence-corrected chi connectivity index (χ2v) is 9.46. The smallest absolute Gasteiger partial charge is 0.327 e. The first-order valence-corrected chi connectivity index (χ1v) is 11.7. The molecule has 0 saturated heterocycles. The lowest BCUT2D eigenvalue weighted by Gasteiger charge is -2.18. The molecule has 0 aliphatic carbocycles. The lowest BCUT2D eigenvalue weighted by atomic mass is 10.1. The highest BCUT2D eigenvalue weighted by atomic mass is 32.2. The van der Waals surface area contributed by atoms with Gasteiger partial charge in [0.15, 0.2) is 0 Å². The van der Waals surface area contributed by atoms with Crippen molar-refractivity contribution in [1.29, 1.82) is 0 Å². The molecule has 1 aromatic heterocycles. The molecule has 1 N–H and O–H groups in total. The number of hydrogen-bond donors (Lipinski definition) is 1. The van der Waals surface area contributed by atoms with Gasteiger partial charge in [0.25, 0.3) is 5.56 Å². The molecule has 0 spiro atoms. The van der Waals surface area contributed by atoms with E-state index < -0.39 is 13.2 Å². The van der Waals surface area contributed by atoms with Gasteiger partial charge >= 0.3 is 7.60 Å². The highest BCUT2D eigenvalue weighted by Gasteiger charge is 2.31. The van der Waals surface area contributed by atoms with E-state index in [0.29, 0.717) is 12.8 Å². The third kappa shape index (κ3) is 4.95. The molecule has 1 heterocycles. The maximum atomic E-state index is 13.3. The van der Waals surface area contributed by atoms with E-state index in [1.165, 1.54) is 17.1 Å². The van der Waals surface area contributed by atoms with Crippen LogP contribution in [0.4, 0.5) is 0 Å². The first-order valence-electron chi connectivity index (χ1n) is 9.35. The van der Waals surface area contributed by atoms with Crippen LogP contribution in [0.2, 0.25) is 0 Å². The molecular formula is C21H24NO4PS. The standard InChI is InChI=1S/C21H24NO4PS/c1-3-11-25-27(24,26-12-4-2)20-14-19(15-22-21(20)23)28-18-10-9-16-7-5-6-8-17(16)13-18/h5-10,13-15H,3-4,11-12H2,1-2H3,(H,22,23). The van der Waals surface area contributed by atoms with E-state index in [9.17, 15) is 9.36 Å². The molecule has 0 unspecified atom stereocenters. The zero-order valence-electron chi connectivity index (χ0n) is 16.0. The summed E-state index contributed by atoms with van der Waals surface area (Å²) in [6.07, 6.45) is 2.99. The van der Waals surface area contributed by atoms with Crippen molar-refractivity contribution in [2.24, 2.45) is 0 Å². The van der Waals surface area contributed by atoms with Crippen molar-refractivity contribution in [3.63, 3.8) is 0 Å². The fourth-order valence-corrected chi connectivity index (χ4v) is 5.47. The maximum Gasteiger partial charge on any atom is 0.366 e. The van der Waals surface area contributed by atoms with Crippen molar-refractivity contribution in [2.75, 3.05) is 13.2 Å². The van der Waals surface area contributed by atoms with E-state index in [1.807, 2.05) is 32.0 Å². The fourth-order valence-electron chi connectivity index (χ4n) is 2.68. The Morgan fingerprint density at radius 1 is 0.929 bits per heavy atom. The Hall–Kier alpha value is -1.85. The molecule has 0 amide bonds. The van der Waals surface area contributed by atoms with Crippen LogP contribution < -0.4 is 10.9 Å². The molecule has 0 atom stereocenters. The van der Waals surface area contributed by atoms with Gasteiger partial charge in [0.2, 0.25) is 0 Å². The minimum absolute atomic E-state index is 0.0557. The van der Waals surface area contributed by atoms with Gasteiger partial charge in [-0.15, -0.1) is 0 Å². The largest absolute Gasteiger partial charge is 0.366 e.